The van der Waals surface area contributed by atoms with Crippen molar-refractivity contribution in [3.8, 4) is 11.5 Å². The van der Waals surface area contributed by atoms with Crippen molar-refractivity contribution in [2.24, 2.45) is 0 Å². The van der Waals surface area contributed by atoms with Crippen molar-refractivity contribution < 1.29 is 19.0 Å². The average Bonchev–Trinajstić information content (AvgIpc) is 2.58. The van der Waals surface area contributed by atoms with Crippen molar-refractivity contribution in [2.75, 3.05) is 13.2 Å². The Morgan fingerprint density at radius 3 is 2.36 bits per heavy atom. The third-order valence-electron chi connectivity index (χ3n) is 3.66. The maximum Gasteiger partial charge on any atom is 0.344 e. The lowest BCUT2D eigenvalue weighted by atomic mass is 9.86. The number of hydrogen-bond donors (Lipinski definition) is 0. The summed E-state index contributed by atoms with van der Waals surface area (Å²) in [5.74, 6) is 0.968. The molecule has 2 aromatic carbocycles. The molecule has 0 radical (unpaired) electrons. The predicted molar refractivity (Wildman–Crippen MR) is 98.0 cm³/mol. The van der Waals surface area contributed by atoms with E-state index in [2.05, 4.69) is 20.8 Å². The Morgan fingerprint density at radius 2 is 1.72 bits per heavy atom. The third-order valence-corrected chi connectivity index (χ3v) is 3.66. The van der Waals surface area contributed by atoms with Gasteiger partial charge in [-0.05, 0) is 29.5 Å². The topological polar surface area (TPSA) is 44.8 Å². The quantitative estimate of drug-likeness (QED) is 0.695. The highest BCUT2D eigenvalue weighted by molar-refractivity contribution is 5.71. The molecule has 0 N–H and O–H groups in total. The molecule has 0 spiro atoms. The van der Waals surface area contributed by atoms with Gasteiger partial charge in [-0.2, -0.15) is 0 Å². The summed E-state index contributed by atoms with van der Waals surface area (Å²) < 4.78 is 16.5. The molecule has 0 aliphatic heterocycles. The van der Waals surface area contributed by atoms with E-state index >= 15 is 0 Å². The second-order valence-electron chi connectivity index (χ2n) is 6.78. The molecule has 2 aromatic rings. The molecule has 0 aliphatic rings. The SMILES string of the molecule is CCOC(=O)COc1ccc(C(C)(C)C)c(OCc2ccccc2)c1. The van der Waals surface area contributed by atoms with Crippen molar-refractivity contribution in [1.29, 1.82) is 0 Å². The van der Waals surface area contributed by atoms with Gasteiger partial charge in [-0.15, -0.1) is 0 Å². The molecule has 0 amide bonds. The lowest BCUT2D eigenvalue weighted by Crippen LogP contribution is -2.16. The highest BCUT2D eigenvalue weighted by atomic mass is 16.6. The second-order valence-corrected chi connectivity index (χ2v) is 6.78. The lowest BCUT2D eigenvalue weighted by Gasteiger charge is -2.23. The molecule has 0 saturated heterocycles. The summed E-state index contributed by atoms with van der Waals surface area (Å²) in [5, 5.41) is 0. The zero-order chi connectivity index (χ0) is 18.3. The zero-order valence-corrected chi connectivity index (χ0v) is 15.4. The molecule has 2 rings (SSSR count). The van der Waals surface area contributed by atoms with Crippen molar-refractivity contribution in [3.63, 3.8) is 0 Å². The summed E-state index contributed by atoms with van der Waals surface area (Å²) in [4.78, 5) is 11.5. The van der Waals surface area contributed by atoms with Crippen LogP contribution in [0.25, 0.3) is 0 Å². The summed E-state index contributed by atoms with van der Waals surface area (Å²) >= 11 is 0. The van der Waals surface area contributed by atoms with Gasteiger partial charge in [0.25, 0.3) is 0 Å². The van der Waals surface area contributed by atoms with Crippen LogP contribution in [0.15, 0.2) is 48.5 Å². The minimum atomic E-state index is -0.380. The fraction of sp³-hybridized carbons (Fsp3) is 0.381. The number of carbonyl (C=O) groups is 1. The van der Waals surface area contributed by atoms with Gasteiger partial charge in [0.15, 0.2) is 6.61 Å². The average molecular weight is 342 g/mol. The largest absolute Gasteiger partial charge is 0.488 e. The van der Waals surface area contributed by atoms with Gasteiger partial charge in [0, 0.05) is 6.07 Å². The molecule has 0 bridgehead atoms. The van der Waals surface area contributed by atoms with E-state index in [0.29, 0.717) is 19.0 Å². The number of ether oxygens (including phenoxy) is 3. The monoisotopic (exact) mass is 342 g/mol. The van der Waals surface area contributed by atoms with Crippen LogP contribution in [0.5, 0.6) is 11.5 Å². The molecule has 134 valence electrons. The first-order valence-electron chi connectivity index (χ1n) is 8.50. The van der Waals surface area contributed by atoms with Gasteiger partial charge in [-0.25, -0.2) is 4.79 Å². The number of rotatable bonds is 7. The van der Waals surface area contributed by atoms with E-state index in [4.69, 9.17) is 14.2 Å². The first kappa shape index (κ1) is 18.8. The van der Waals surface area contributed by atoms with E-state index < -0.39 is 0 Å². The summed E-state index contributed by atoms with van der Waals surface area (Å²) in [7, 11) is 0. The van der Waals surface area contributed by atoms with Crippen LogP contribution in [0.3, 0.4) is 0 Å². The van der Waals surface area contributed by atoms with Crippen LogP contribution >= 0.6 is 0 Å². The maximum absolute atomic E-state index is 11.5. The van der Waals surface area contributed by atoms with Gasteiger partial charge in [0.05, 0.1) is 6.61 Å². The highest BCUT2D eigenvalue weighted by Crippen LogP contribution is 2.34. The standard InChI is InChI=1S/C21H26O4/c1-5-23-20(22)15-24-17-11-12-18(21(2,3)4)19(13-17)25-14-16-9-7-6-8-10-16/h6-13H,5,14-15H2,1-4H3. The van der Waals surface area contributed by atoms with Crippen LogP contribution in [0.4, 0.5) is 0 Å². The molecular weight excluding hydrogens is 316 g/mol. The number of benzene rings is 2. The molecule has 4 heteroatoms. The number of hydrogen-bond acceptors (Lipinski definition) is 4. The number of carbonyl (C=O) groups excluding carboxylic acids is 1. The van der Waals surface area contributed by atoms with E-state index in [1.807, 2.05) is 48.5 Å². The first-order valence-corrected chi connectivity index (χ1v) is 8.50. The van der Waals surface area contributed by atoms with Gasteiger partial charge in [0.1, 0.15) is 18.1 Å². The van der Waals surface area contributed by atoms with Crippen molar-refractivity contribution in [2.45, 2.75) is 39.7 Å². The van der Waals surface area contributed by atoms with E-state index in [0.717, 1.165) is 16.9 Å². The normalized spacial score (nSPS) is 11.0. The zero-order valence-electron chi connectivity index (χ0n) is 15.4. The Kier molecular flexibility index (Phi) is 6.45. The Balaban J connectivity index is 2.15. The van der Waals surface area contributed by atoms with Gasteiger partial charge < -0.3 is 14.2 Å². The minimum absolute atomic E-state index is 0.0638. The Morgan fingerprint density at radius 1 is 1.00 bits per heavy atom. The lowest BCUT2D eigenvalue weighted by molar-refractivity contribution is -0.145. The summed E-state index contributed by atoms with van der Waals surface area (Å²) in [6.45, 7) is 8.89. The molecule has 0 heterocycles. The van der Waals surface area contributed by atoms with Crippen LogP contribution in [0.2, 0.25) is 0 Å². The molecule has 0 aliphatic carbocycles. The van der Waals surface area contributed by atoms with E-state index in [9.17, 15) is 4.79 Å². The fourth-order valence-electron chi connectivity index (χ4n) is 2.41. The molecule has 0 atom stereocenters. The van der Waals surface area contributed by atoms with Gasteiger partial charge in [0.2, 0.25) is 0 Å². The Hall–Kier alpha value is -2.49. The third kappa shape index (κ3) is 5.82. The predicted octanol–water partition coefficient (Wildman–Crippen LogP) is 4.51. The molecule has 0 aromatic heterocycles. The molecular formula is C21H26O4. The molecule has 25 heavy (non-hydrogen) atoms. The summed E-state index contributed by atoms with van der Waals surface area (Å²) in [6, 6.07) is 15.7. The van der Waals surface area contributed by atoms with E-state index in [-0.39, 0.29) is 18.0 Å². The van der Waals surface area contributed by atoms with E-state index in [1.165, 1.54) is 0 Å². The molecule has 0 saturated carbocycles. The van der Waals surface area contributed by atoms with Crippen LogP contribution in [0.1, 0.15) is 38.8 Å². The van der Waals surface area contributed by atoms with Crippen LogP contribution in [0, 0.1) is 0 Å². The first-order chi connectivity index (χ1) is 11.9. The summed E-state index contributed by atoms with van der Waals surface area (Å²) in [6.07, 6.45) is 0. The van der Waals surface area contributed by atoms with Gasteiger partial charge in [-0.1, -0.05) is 57.2 Å². The number of esters is 1. The van der Waals surface area contributed by atoms with Crippen molar-refractivity contribution >= 4 is 5.97 Å². The smallest absolute Gasteiger partial charge is 0.344 e. The molecule has 0 unspecified atom stereocenters. The van der Waals surface area contributed by atoms with Crippen LogP contribution in [-0.4, -0.2) is 19.2 Å². The highest BCUT2D eigenvalue weighted by Gasteiger charge is 2.20. The van der Waals surface area contributed by atoms with E-state index in [1.54, 1.807) is 6.92 Å². The Bertz CT molecular complexity index is 687. The molecule has 4 nitrogen and oxygen atoms in total. The van der Waals surface area contributed by atoms with Crippen molar-refractivity contribution in [1.82, 2.24) is 0 Å². The van der Waals surface area contributed by atoms with Crippen LogP contribution < -0.4 is 9.47 Å². The van der Waals surface area contributed by atoms with Gasteiger partial charge in [-0.3, -0.25) is 0 Å². The van der Waals surface area contributed by atoms with Gasteiger partial charge >= 0.3 is 5.97 Å². The fourth-order valence-corrected chi connectivity index (χ4v) is 2.41. The second kappa shape index (κ2) is 8.56. The Labute approximate surface area is 149 Å². The summed E-state index contributed by atoms with van der Waals surface area (Å²) in [5.41, 5.74) is 2.12. The van der Waals surface area contributed by atoms with Crippen molar-refractivity contribution in [3.05, 3.63) is 59.7 Å². The molecule has 0 fully saturated rings. The maximum atomic E-state index is 11.5. The minimum Gasteiger partial charge on any atom is -0.488 e. The van der Waals surface area contributed by atoms with Crippen LogP contribution in [-0.2, 0) is 21.6 Å².